The molecule has 0 radical (unpaired) electrons. The SMILES string of the molecule is CC(C)C(=O)/C(=[14CH]\c1ccccc1)C(=O)Nc1ccccc1. The maximum Gasteiger partial charge on any atom is 0.259 e. The molecule has 0 bridgehead atoms. The van der Waals surface area contributed by atoms with Crippen LogP contribution in [-0.2, 0) is 9.59 Å². The minimum atomic E-state index is -0.381. The van der Waals surface area contributed by atoms with Gasteiger partial charge in [-0.25, -0.2) is 0 Å². The molecule has 1 N–H and O–H groups in total. The highest BCUT2D eigenvalue weighted by Gasteiger charge is 2.21. The molecule has 0 fully saturated rings. The molecule has 3 heteroatoms. The second kappa shape index (κ2) is 7.36. The van der Waals surface area contributed by atoms with E-state index in [1.165, 1.54) is 0 Å². The Bertz CT molecular complexity index is 673. The summed E-state index contributed by atoms with van der Waals surface area (Å²) in [6, 6.07) is 18.5. The Balaban J connectivity index is 2.30. The van der Waals surface area contributed by atoms with E-state index in [9.17, 15) is 9.59 Å². The first-order valence-corrected chi connectivity index (χ1v) is 7.25. The predicted molar refractivity (Wildman–Crippen MR) is 89.3 cm³/mol. The van der Waals surface area contributed by atoms with E-state index in [1.54, 1.807) is 32.1 Å². The van der Waals surface area contributed by atoms with E-state index in [0.717, 1.165) is 5.56 Å². The Morgan fingerprint density at radius 1 is 0.909 bits per heavy atom. The Hall–Kier alpha value is -2.68. The molecular formula is C19H19NO2. The fourth-order valence-corrected chi connectivity index (χ4v) is 2.00. The summed E-state index contributed by atoms with van der Waals surface area (Å²) in [6.07, 6.45) is 1.64. The van der Waals surface area contributed by atoms with Gasteiger partial charge in [-0.1, -0.05) is 62.4 Å². The van der Waals surface area contributed by atoms with Crippen molar-refractivity contribution in [2.45, 2.75) is 13.8 Å². The second-order valence-corrected chi connectivity index (χ2v) is 5.31. The third-order valence-corrected chi connectivity index (χ3v) is 3.18. The van der Waals surface area contributed by atoms with Crippen molar-refractivity contribution in [3.63, 3.8) is 0 Å². The molecule has 0 aliphatic heterocycles. The van der Waals surface area contributed by atoms with E-state index >= 15 is 0 Å². The number of amides is 1. The van der Waals surface area contributed by atoms with Gasteiger partial charge in [-0.15, -0.1) is 0 Å². The number of hydrogen-bond donors (Lipinski definition) is 1. The summed E-state index contributed by atoms with van der Waals surface area (Å²) < 4.78 is 0. The number of hydrogen-bond acceptors (Lipinski definition) is 2. The van der Waals surface area contributed by atoms with Crippen LogP contribution in [0.15, 0.2) is 66.2 Å². The number of carbonyl (C=O) groups is 2. The van der Waals surface area contributed by atoms with Gasteiger partial charge in [0.25, 0.3) is 5.91 Å². The molecule has 22 heavy (non-hydrogen) atoms. The second-order valence-electron chi connectivity index (χ2n) is 5.31. The molecule has 0 aliphatic rings. The molecule has 2 aromatic rings. The first kappa shape index (κ1) is 15.7. The van der Waals surface area contributed by atoms with E-state index < -0.39 is 0 Å². The molecule has 0 atom stereocenters. The Kier molecular flexibility index (Phi) is 5.26. The lowest BCUT2D eigenvalue weighted by Crippen LogP contribution is -2.23. The Morgan fingerprint density at radius 3 is 2.00 bits per heavy atom. The van der Waals surface area contributed by atoms with Crippen molar-refractivity contribution >= 4 is 23.5 Å². The van der Waals surface area contributed by atoms with Crippen LogP contribution in [-0.4, -0.2) is 11.7 Å². The molecule has 0 aromatic heterocycles. The van der Waals surface area contributed by atoms with Crippen LogP contribution < -0.4 is 5.32 Å². The predicted octanol–water partition coefficient (Wildman–Crippen LogP) is 3.93. The van der Waals surface area contributed by atoms with E-state index in [2.05, 4.69) is 5.32 Å². The first-order valence-electron chi connectivity index (χ1n) is 7.25. The van der Waals surface area contributed by atoms with Gasteiger partial charge in [0.15, 0.2) is 5.78 Å². The topological polar surface area (TPSA) is 46.2 Å². The van der Waals surface area contributed by atoms with E-state index in [0.29, 0.717) is 5.69 Å². The fourth-order valence-electron chi connectivity index (χ4n) is 2.00. The zero-order valence-corrected chi connectivity index (χ0v) is 12.7. The number of anilines is 1. The van der Waals surface area contributed by atoms with Gasteiger partial charge in [-0.05, 0) is 23.8 Å². The third kappa shape index (κ3) is 4.16. The van der Waals surface area contributed by atoms with Crippen LogP contribution in [0.1, 0.15) is 19.4 Å². The van der Waals surface area contributed by atoms with Gasteiger partial charge in [-0.3, -0.25) is 9.59 Å². The molecule has 0 spiro atoms. The average molecular weight is 295 g/mol. The lowest BCUT2D eigenvalue weighted by Gasteiger charge is -2.10. The smallest absolute Gasteiger partial charge is 0.259 e. The molecule has 2 aromatic carbocycles. The lowest BCUT2D eigenvalue weighted by molar-refractivity contribution is -0.121. The van der Waals surface area contributed by atoms with Crippen LogP contribution in [0.5, 0.6) is 0 Å². The number of ketones is 1. The maximum absolute atomic E-state index is 12.5. The van der Waals surface area contributed by atoms with Gasteiger partial charge in [0.2, 0.25) is 0 Å². The quantitative estimate of drug-likeness (QED) is 0.516. The minimum Gasteiger partial charge on any atom is -0.322 e. The largest absolute Gasteiger partial charge is 0.322 e. The van der Waals surface area contributed by atoms with Crippen molar-refractivity contribution in [1.29, 1.82) is 0 Å². The van der Waals surface area contributed by atoms with E-state index in [-0.39, 0.29) is 23.2 Å². The number of benzene rings is 2. The molecule has 0 heterocycles. The van der Waals surface area contributed by atoms with Crippen LogP contribution in [0.2, 0.25) is 0 Å². The number of rotatable bonds is 5. The zero-order chi connectivity index (χ0) is 15.9. The number of para-hydroxylation sites is 1. The van der Waals surface area contributed by atoms with Crippen LogP contribution in [0.25, 0.3) is 6.08 Å². The van der Waals surface area contributed by atoms with Crippen molar-refractivity contribution in [2.75, 3.05) is 5.32 Å². The lowest BCUT2D eigenvalue weighted by atomic mass is 10.0. The maximum atomic E-state index is 12.5. The van der Waals surface area contributed by atoms with Crippen molar-refractivity contribution in [1.82, 2.24) is 0 Å². The number of carbonyl (C=O) groups excluding carboxylic acids is 2. The van der Waals surface area contributed by atoms with Gasteiger partial charge in [0, 0.05) is 11.6 Å². The molecule has 0 unspecified atom stereocenters. The van der Waals surface area contributed by atoms with Gasteiger partial charge >= 0.3 is 0 Å². The summed E-state index contributed by atoms with van der Waals surface area (Å²) in [5.74, 6) is -0.789. The van der Waals surface area contributed by atoms with Crippen LogP contribution in [0.4, 0.5) is 5.69 Å². The van der Waals surface area contributed by atoms with Crippen molar-refractivity contribution < 1.29 is 9.59 Å². The van der Waals surface area contributed by atoms with Crippen molar-refractivity contribution in [2.24, 2.45) is 5.92 Å². The average Bonchev–Trinajstić information content (AvgIpc) is 2.53. The molecule has 112 valence electrons. The summed E-state index contributed by atoms with van der Waals surface area (Å²) >= 11 is 0. The van der Waals surface area contributed by atoms with Crippen molar-refractivity contribution in [3.05, 3.63) is 71.8 Å². The summed E-state index contributed by atoms with van der Waals surface area (Å²) in [6.45, 7) is 3.58. The molecular weight excluding hydrogens is 276 g/mol. The first-order chi connectivity index (χ1) is 10.6. The highest BCUT2D eigenvalue weighted by Crippen LogP contribution is 2.15. The van der Waals surface area contributed by atoms with Crippen LogP contribution >= 0.6 is 0 Å². The molecule has 1 amide bonds. The standard InChI is InChI=1S/C19H19NO2/c1-14(2)18(21)17(13-15-9-5-3-6-10-15)19(22)20-16-11-7-4-8-12-16/h3-14H,1-2H3,(H,20,22)/b17-13+/i13+2. The number of nitrogens with one attached hydrogen (secondary N) is 1. The highest BCUT2D eigenvalue weighted by atomic mass is 16.2. The normalized spacial score (nSPS) is 11.3. The minimum absolute atomic E-state index is 0.169. The molecule has 3 nitrogen and oxygen atoms in total. The Labute approximate surface area is 130 Å². The summed E-state index contributed by atoms with van der Waals surface area (Å²) in [7, 11) is 0. The summed E-state index contributed by atoms with van der Waals surface area (Å²) in [4.78, 5) is 24.8. The monoisotopic (exact) mass is 295 g/mol. The van der Waals surface area contributed by atoms with E-state index in [1.807, 2.05) is 48.5 Å². The van der Waals surface area contributed by atoms with Crippen LogP contribution in [0, 0.1) is 5.92 Å². The zero-order valence-electron chi connectivity index (χ0n) is 12.7. The molecule has 0 saturated heterocycles. The summed E-state index contributed by atoms with van der Waals surface area (Å²) in [5.41, 5.74) is 1.67. The van der Waals surface area contributed by atoms with Gasteiger partial charge in [-0.2, -0.15) is 0 Å². The molecule has 2 rings (SSSR count). The van der Waals surface area contributed by atoms with E-state index in [4.69, 9.17) is 0 Å². The molecule has 0 aliphatic carbocycles. The fraction of sp³-hybridized carbons (Fsp3) is 0.158. The van der Waals surface area contributed by atoms with Gasteiger partial charge < -0.3 is 5.32 Å². The highest BCUT2D eigenvalue weighted by molar-refractivity contribution is 6.26. The van der Waals surface area contributed by atoms with Gasteiger partial charge in [0.1, 0.15) is 0 Å². The molecule has 0 saturated carbocycles. The summed E-state index contributed by atoms with van der Waals surface area (Å²) in [5, 5.41) is 2.77. The Morgan fingerprint density at radius 2 is 1.45 bits per heavy atom. The third-order valence-electron chi connectivity index (χ3n) is 3.18. The van der Waals surface area contributed by atoms with Gasteiger partial charge in [0.05, 0.1) is 5.57 Å². The van der Waals surface area contributed by atoms with Crippen molar-refractivity contribution in [3.8, 4) is 0 Å². The number of Topliss-reactive ketones (excluding diaryl/α,β-unsaturated/α-hetero) is 1. The van der Waals surface area contributed by atoms with Crippen LogP contribution in [0.3, 0.4) is 0 Å².